The van der Waals surface area contributed by atoms with Gasteiger partial charge in [0, 0.05) is 58.8 Å². The number of nitrogens with zero attached hydrogens (tertiary/aromatic N) is 6. The number of carboxylic acids is 1. The first-order valence-corrected chi connectivity index (χ1v) is 18.7. The van der Waals surface area contributed by atoms with Gasteiger partial charge in [0.05, 0.1) is 43.0 Å². The van der Waals surface area contributed by atoms with E-state index in [9.17, 15) is 22.7 Å². The number of sulfonamides is 1. The number of fused-ring (bicyclic) bond motifs is 8. The summed E-state index contributed by atoms with van der Waals surface area (Å²) < 4.78 is 53.8. The standard InChI is InChI=1S/C36H36BClFN6O5S/c1-20-32-29-10-9-28(38)34(32)33-21(2)40-43(4)30(33)19-44(51(5,48)49)18-25-16-26(42(3)41-25)17-37-23-13-22-14-24(39)7-8-27(22)31(15-23)50-12-6-11-45(29)35(20)36(46)47/h7-10,13-16H,6,11-12,17-19H2,1-5H3,(H,46,47). The molecule has 6 aromatic rings. The maximum Gasteiger partial charge on any atom is 0.352 e. The van der Waals surface area contributed by atoms with Gasteiger partial charge in [-0.05, 0) is 80.0 Å². The molecule has 1 aliphatic heterocycles. The maximum absolute atomic E-state index is 14.3. The molecule has 7 rings (SSSR count). The van der Waals surface area contributed by atoms with Crippen LogP contribution in [-0.2, 0) is 50.1 Å². The second-order valence-corrected chi connectivity index (χ2v) is 15.4. The molecule has 51 heavy (non-hydrogen) atoms. The fourth-order valence-electron chi connectivity index (χ4n) is 7.25. The van der Waals surface area contributed by atoms with Crippen molar-refractivity contribution in [2.24, 2.45) is 14.1 Å². The quantitative estimate of drug-likeness (QED) is 0.240. The average molecular weight is 730 g/mol. The second-order valence-electron chi connectivity index (χ2n) is 13.1. The fraction of sp³-hybridized carbons (Fsp3) is 0.306. The smallest absolute Gasteiger partial charge is 0.352 e. The van der Waals surface area contributed by atoms with Crippen molar-refractivity contribution < 1.29 is 27.4 Å². The topological polar surface area (TPSA) is 124 Å². The lowest BCUT2D eigenvalue weighted by Crippen LogP contribution is -2.30. The van der Waals surface area contributed by atoms with Gasteiger partial charge in [-0.1, -0.05) is 23.1 Å². The summed E-state index contributed by atoms with van der Waals surface area (Å²) in [6.45, 7) is 4.16. The minimum atomic E-state index is -3.75. The van der Waals surface area contributed by atoms with Gasteiger partial charge in [-0.15, -0.1) is 0 Å². The summed E-state index contributed by atoms with van der Waals surface area (Å²) in [6, 6.07) is 13.8. The zero-order valence-electron chi connectivity index (χ0n) is 28.9. The second kappa shape index (κ2) is 13.2. The van der Waals surface area contributed by atoms with Crippen LogP contribution in [0.1, 0.15) is 45.2 Å². The van der Waals surface area contributed by atoms with E-state index in [-0.39, 0.29) is 31.2 Å². The lowest BCUT2D eigenvalue weighted by atomic mass is 9.66. The molecule has 8 bridgehead atoms. The van der Waals surface area contributed by atoms with Gasteiger partial charge in [0.1, 0.15) is 17.3 Å². The molecule has 3 aromatic carbocycles. The number of halogens is 2. The largest absolute Gasteiger partial charge is 0.493 e. The van der Waals surface area contributed by atoms with Crippen molar-refractivity contribution in [3.8, 4) is 16.9 Å². The highest BCUT2D eigenvalue weighted by Gasteiger charge is 2.29. The third kappa shape index (κ3) is 6.40. The Bertz CT molecular complexity index is 2490. The Morgan fingerprint density at radius 3 is 2.55 bits per heavy atom. The molecule has 0 unspecified atom stereocenters. The van der Waals surface area contributed by atoms with E-state index in [1.165, 1.54) is 16.4 Å². The minimum absolute atomic E-state index is 0.0000795. The van der Waals surface area contributed by atoms with Crippen molar-refractivity contribution in [3.05, 3.63) is 93.4 Å². The highest BCUT2D eigenvalue weighted by Crippen LogP contribution is 2.43. The SMILES string of the molecule is Cc1nn(C)c2c1-c1c(Cl)ccc3c1c(C)c(C(=O)O)n3CCCOc1cc(cc3cc(F)ccc13)[B]Cc1cc(nn1C)CN(S(C)(=O)=O)C2. The number of aromatic carboxylic acids is 1. The third-order valence-electron chi connectivity index (χ3n) is 9.61. The van der Waals surface area contributed by atoms with Gasteiger partial charge in [-0.25, -0.2) is 17.6 Å². The molecule has 3 aromatic heterocycles. The van der Waals surface area contributed by atoms with Crippen LogP contribution in [0.15, 0.2) is 48.5 Å². The minimum Gasteiger partial charge on any atom is -0.493 e. The Morgan fingerprint density at radius 2 is 1.80 bits per heavy atom. The Labute approximate surface area is 300 Å². The summed E-state index contributed by atoms with van der Waals surface area (Å²) in [4.78, 5) is 12.8. The maximum atomic E-state index is 14.3. The Morgan fingerprint density at radius 1 is 1.02 bits per heavy atom. The van der Waals surface area contributed by atoms with Crippen LogP contribution in [-0.4, -0.2) is 68.1 Å². The number of carboxylic acid groups (broad SMARTS) is 1. The molecule has 0 amide bonds. The summed E-state index contributed by atoms with van der Waals surface area (Å²) in [7, 11) is 1.80. The Hall–Kier alpha value is -4.66. The Balaban J connectivity index is 1.42. The van der Waals surface area contributed by atoms with Gasteiger partial charge < -0.3 is 14.4 Å². The molecule has 0 atom stereocenters. The van der Waals surface area contributed by atoms with Gasteiger partial charge in [0.2, 0.25) is 10.0 Å². The highest BCUT2D eigenvalue weighted by atomic mass is 35.5. The molecule has 15 heteroatoms. The highest BCUT2D eigenvalue weighted by molar-refractivity contribution is 7.88. The van der Waals surface area contributed by atoms with E-state index in [1.807, 2.05) is 45.5 Å². The summed E-state index contributed by atoms with van der Waals surface area (Å²) in [6.07, 6.45) is 2.11. The molecule has 4 heterocycles. The molecule has 263 valence electrons. The van der Waals surface area contributed by atoms with Crippen molar-refractivity contribution in [2.45, 2.75) is 46.2 Å². The number of rotatable bonds is 2. The summed E-state index contributed by atoms with van der Waals surface area (Å²) >= 11 is 6.97. The van der Waals surface area contributed by atoms with Crippen LogP contribution in [0.5, 0.6) is 5.75 Å². The van der Waals surface area contributed by atoms with E-state index < -0.39 is 16.0 Å². The summed E-state index contributed by atoms with van der Waals surface area (Å²) in [5.74, 6) is -0.864. The van der Waals surface area contributed by atoms with Gasteiger partial charge in [-0.3, -0.25) is 9.36 Å². The molecule has 1 radical (unpaired) electrons. The van der Waals surface area contributed by atoms with E-state index in [0.29, 0.717) is 80.1 Å². The van der Waals surface area contributed by atoms with Crippen LogP contribution in [0.3, 0.4) is 0 Å². The lowest BCUT2D eigenvalue weighted by Gasteiger charge is -2.20. The predicted molar refractivity (Wildman–Crippen MR) is 196 cm³/mol. The molecule has 0 aliphatic carbocycles. The van der Waals surface area contributed by atoms with Gasteiger partial charge >= 0.3 is 5.97 Å². The molecule has 0 saturated heterocycles. The first kappa shape index (κ1) is 34.8. The average Bonchev–Trinajstić information content (AvgIpc) is 3.65. The third-order valence-corrected chi connectivity index (χ3v) is 11.1. The van der Waals surface area contributed by atoms with E-state index >= 15 is 0 Å². The van der Waals surface area contributed by atoms with Crippen LogP contribution in [0.2, 0.25) is 5.02 Å². The number of carbonyl (C=O) groups is 1. The normalized spacial score (nSPS) is 14.6. The molecule has 0 fully saturated rings. The zero-order valence-corrected chi connectivity index (χ0v) is 30.4. The molecule has 0 spiro atoms. The van der Waals surface area contributed by atoms with Crippen LogP contribution in [0.4, 0.5) is 4.39 Å². The van der Waals surface area contributed by atoms with Gasteiger partial charge in [-0.2, -0.15) is 14.5 Å². The summed E-state index contributed by atoms with van der Waals surface area (Å²) in [5.41, 5.74) is 6.02. The van der Waals surface area contributed by atoms with E-state index in [1.54, 1.807) is 40.0 Å². The van der Waals surface area contributed by atoms with Crippen molar-refractivity contribution >= 4 is 62.0 Å². The molecule has 11 nitrogen and oxygen atoms in total. The van der Waals surface area contributed by atoms with E-state index in [4.69, 9.17) is 16.3 Å². The van der Waals surface area contributed by atoms with Gasteiger partial charge in [0.25, 0.3) is 0 Å². The number of benzene rings is 3. The number of hydrogen-bond acceptors (Lipinski definition) is 6. The van der Waals surface area contributed by atoms with Crippen LogP contribution >= 0.6 is 11.6 Å². The predicted octanol–water partition coefficient (Wildman–Crippen LogP) is 5.31. The van der Waals surface area contributed by atoms with Crippen molar-refractivity contribution in [2.75, 3.05) is 12.9 Å². The van der Waals surface area contributed by atoms with Crippen molar-refractivity contribution in [1.82, 2.24) is 28.4 Å². The zero-order chi connectivity index (χ0) is 36.4. The van der Waals surface area contributed by atoms with Crippen molar-refractivity contribution in [3.63, 3.8) is 0 Å². The molecule has 1 N–H and O–H groups in total. The lowest BCUT2D eigenvalue weighted by molar-refractivity contribution is 0.0684. The molecular formula is C36H36BClFN6O5S. The number of aryl methyl sites for hydroxylation is 5. The fourth-order valence-corrected chi connectivity index (χ4v) is 8.22. The van der Waals surface area contributed by atoms with E-state index in [2.05, 4.69) is 10.2 Å². The Kier molecular flexibility index (Phi) is 8.97. The molecular weight excluding hydrogens is 694 g/mol. The van der Waals surface area contributed by atoms with Crippen LogP contribution in [0.25, 0.3) is 32.8 Å². The van der Waals surface area contributed by atoms with E-state index in [0.717, 1.165) is 22.8 Å². The molecule has 1 aliphatic rings. The first-order valence-electron chi connectivity index (χ1n) is 16.4. The first-order chi connectivity index (χ1) is 24.2. The van der Waals surface area contributed by atoms with Gasteiger partial charge in [0.15, 0.2) is 7.28 Å². The van der Waals surface area contributed by atoms with Crippen LogP contribution in [0, 0.1) is 19.7 Å². The molecule has 0 saturated carbocycles. The monoisotopic (exact) mass is 729 g/mol. The number of ether oxygens (including phenoxy) is 1. The summed E-state index contributed by atoms with van der Waals surface area (Å²) in [5, 5.41) is 22.3. The van der Waals surface area contributed by atoms with Crippen LogP contribution < -0.4 is 10.2 Å². The number of aromatic nitrogens is 5. The number of hydrogen-bond donors (Lipinski definition) is 1. The van der Waals surface area contributed by atoms with Crippen molar-refractivity contribution in [1.29, 1.82) is 0 Å².